The first-order valence-electron chi connectivity index (χ1n) is 9.98. The number of anilines is 1. The predicted octanol–water partition coefficient (Wildman–Crippen LogP) is 3.64. The van der Waals surface area contributed by atoms with E-state index in [1.165, 1.54) is 35.6 Å². The number of fused-ring (bicyclic) bond motifs is 1. The van der Waals surface area contributed by atoms with Crippen LogP contribution in [0.25, 0.3) is 10.2 Å². The predicted molar refractivity (Wildman–Crippen MR) is 124 cm³/mol. The second kappa shape index (κ2) is 9.09. The van der Waals surface area contributed by atoms with Gasteiger partial charge in [0.1, 0.15) is 11.3 Å². The second-order valence-corrected chi connectivity index (χ2v) is 10.1. The largest absolute Gasteiger partial charge is 0.492 e. The van der Waals surface area contributed by atoms with Gasteiger partial charge in [-0.25, -0.2) is 13.4 Å². The highest BCUT2D eigenvalue weighted by Crippen LogP contribution is 2.34. The van der Waals surface area contributed by atoms with Gasteiger partial charge in [0, 0.05) is 30.8 Å². The molecule has 0 bridgehead atoms. The molecule has 4 aromatic rings. The highest BCUT2D eigenvalue weighted by atomic mass is 32.2. The number of hydrogen-bond donors (Lipinski definition) is 0. The Morgan fingerprint density at radius 2 is 1.94 bits per heavy atom. The van der Waals surface area contributed by atoms with Gasteiger partial charge in [0.25, 0.3) is 5.91 Å². The van der Waals surface area contributed by atoms with Gasteiger partial charge in [0.15, 0.2) is 15.0 Å². The molecule has 8 nitrogen and oxygen atoms in total. The van der Waals surface area contributed by atoms with Crippen LogP contribution in [0.5, 0.6) is 5.75 Å². The van der Waals surface area contributed by atoms with Crippen LogP contribution in [-0.4, -0.2) is 48.5 Å². The van der Waals surface area contributed by atoms with E-state index in [4.69, 9.17) is 9.72 Å². The van der Waals surface area contributed by atoms with E-state index in [0.29, 0.717) is 41.7 Å². The standard InChI is InChI=1S/C22H22N4O4S2/c1-3-30-18-6-4-7-19-20(18)24-22(31-19)26(15-14-25-13-5-12-23-25)21(27)16-8-10-17(11-9-16)32(2,28)29/h4-13H,3,14-15H2,1-2H3. The number of thiazole rings is 1. The fraction of sp³-hybridized carbons (Fsp3) is 0.227. The maximum absolute atomic E-state index is 13.4. The molecule has 2 aromatic carbocycles. The summed E-state index contributed by atoms with van der Waals surface area (Å²) in [7, 11) is -3.35. The van der Waals surface area contributed by atoms with Crippen LogP contribution in [0.15, 0.2) is 65.8 Å². The zero-order valence-corrected chi connectivity index (χ0v) is 19.3. The SMILES string of the molecule is CCOc1cccc2sc(N(CCn3cccn3)C(=O)c3ccc(S(C)(=O)=O)cc3)nc12. The minimum Gasteiger partial charge on any atom is -0.492 e. The van der Waals surface area contributed by atoms with Gasteiger partial charge in [0.05, 0.1) is 22.7 Å². The molecule has 0 radical (unpaired) electrons. The third kappa shape index (κ3) is 4.66. The number of sulfone groups is 1. The van der Waals surface area contributed by atoms with E-state index in [0.717, 1.165) is 11.0 Å². The van der Waals surface area contributed by atoms with Crippen molar-refractivity contribution in [2.45, 2.75) is 18.4 Å². The summed E-state index contributed by atoms with van der Waals surface area (Å²) < 4.78 is 31.9. The van der Waals surface area contributed by atoms with E-state index in [9.17, 15) is 13.2 Å². The van der Waals surface area contributed by atoms with E-state index < -0.39 is 9.84 Å². The van der Waals surface area contributed by atoms with Crippen LogP contribution in [0.1, 0.15) is 17.3 Å². The highest BCUT2D eigenvalue weighted by molar-refractivity contribution is 7.90. The zero-order chi connectivity index (χ0) is 22.7. The van der Waals surface area contributed by atoms with E-state index in [-0.39, 0.29) is 10.8 Å². The number of rotatable bonds is 8. The summed E-state index contributed by atoms with van der Waals surface area (Å²) in [4.78, 5) is 19.9. The molecule has 10 heteroatoms. The van der Waals surface area contributed by atoms with Crippen LogP contribution in [0.4, 0.5) is 5.13 Å². The summed E-state index contributed by atoms with van der Waals surface area (Å²) in [5.41, 5.74) is 1.08. The highest BCUT2D eigenvalue weighted by Gasteiger charge is 2.23. The number of carbonyl (C=O) groups is 1. The van der Waals surface area contributed by atoms with Gasteiger partial charge in [-0.1, -0.05) is 17.4 Å². The molecule has 0 aliphatic carbocycles. The lowest BCUT2D eigenvalue weighted by Crippen LogP contribution is -2.34. The molecule has 0 spiro atoms. The average Bonchev–Trinajstić information content (AvgIpc) is 3.44. The van der Waals surface area contributed by atoms with Gasteiger partial charge in [-0.3, -0.25) is 14.4 Å². The quantitative estimate of drug-likeness (QED) is 0.390. The van der Waals surface area contributed by atoms with Crippen molar-refractivity contribution in [3.8, 4) is 5.75 Å². The van der Waals surface area contributed by atoms with Crippen molar-refractivity contribution in [3.63, 3.8) is 0 Å². The van der Waals surface area contributed by atoms with Crippen molar-refractivity contribution in [2.75, 3.05) is 24.3 Å². The lowest BCUT2D eigenvalue weighted by Gasteiger charge is -2.20. The second-order valence-electron chi connectivity index (χ2n) is 7.05. The van der Waals surface area contributed by atoms with Gasteiger partial charge < -0.3 is 4.74 Å². The maximum Gasteiger partial charge on any atom is 0.260 e. The van der Waals surface area contributed by atoms with Crippen molar-refractivity contribution in [1.29, 1.82) is 0 Å². The molecule has 1 amide bonds. The fourth-order valence-electron chi connectivity index (χ4n) is 3.22. The van der Waals surface area contributed by atoms with Crippen LogP contribution >= 0.6 is 11.3 Å². The molecule has 2 aromatic heterocycles. The fourth-order valence-corrected chi connectivity index (χ4v) is 4.86. The van der Waals surface area contributed by atoms with Gasteiger partial charge >= 0.3 is 0 Å². The van der Waals surface area contributed by atoms with Crippen LogP contribution in [-0.2, 0) is 16.4 Å². The van der Waals surface area contributed by atoms with Crippen molar-refractivity contribution in [2.24, 2.45) is 0 Å². The summed E-state index contributed by atoms with van der Waals surface area (Å²) in [6.07, 6.45) is 4.65. The number of benzene rings is 2. The molecule has 166 valence electrons. The van der Waals surface area contributed by atoms with Crippen molar-refractivity contribution < 1.29 is 17.9 Å². The number of ether oxygens (including phenoxy) is 1. The first-order chi connectivity index (χ1) is 15.4. The summed E-state index contributed by atoms with van der Waals surface area (Å²) in [5, 5.41) is 4.75. The number of nitrogens with zero attached hydrogens (tertiary/aromatic N) is 4. The molecule has 0 N–H and O–H groups in total. The van der Waals surface area contributed by atoms with Crippen molar-refractivity contribution >= 4 is 42.4 Å². The normalized spacial score (nSPS) is 11.6. The van der Waals surface area contributed by atoms with E-state index in [1.54, 1.807) is 15.8 Å². The molecule has 32 heavy (non-hydrogen) atoms. The Hall–Kier alpha value is -3.24. The summed E-state index contributed by atoms with van der Waals surface area (Å²) >= 11 is 1.40. The number of hydrogen-bond acceptors (Lipinski definition) is 7. The minimum absolute atomic E-state index is 0.165. The van der Waals surface area contributed by atoms with Gasteiger partial charge in [-0.15, -0.1) is 0 Å². The third-order valence-corrected chi connectivity index (χ3v) is 6.96. The first-order valence-corrected chi connectivity index (χ1v) is 12.7. The topological polar surface area (TPSA) is 94.4 Å². The Bertz CT molecular complexity index is 1330. The Morgan fingerprint density at radius 1 is 1.16 bits per heavy atom. The Morgan fingerprint density at radius 3 is 2.59 bits per heavy atom. The molecular weight excluding hydrogens is 448 g/mol. The number of para-hydroxylation sites is 1. The van der Waals surface area contributed by atoms with Crippen LogP contribution < -0.4 is 9.64 Å². The number of amides is 1. The lowest BCUT2D eigenvalue weighted by atomic mass is 10.2. The molecule has 4 rings (SSSR count). The van der Waals surface area contributed by atoms with Crippen molar-refractivity contribution in [1.82, 2.24) is 14.8 Å². The lowest BCUT2D eigenvalue weighted by molar-refractivity contribution is 0.0985. The minimum atomic E-state index is -3.35. The Labute approximate surface area is 190 Å². The van der Waals surface area contributed by atoms with Gasteiger partial charge in [0.2, 0.25) is 0 Å². The molecule has 0 saturated carbocycles. The number of aromatic nitrogens is 3. The molecule has 0 fully saturated rings. The first kappa shape index (κ1) is 22.0. The molecule has 0 atom stereocenters. The molecular formula is C22H22N4O4S2. The Balaban J connectivity index is 1.70. The van der Waals surface area contributed by atoms with Crippen LogP contribution in [0.3, 0.4) is 0 Å². The molecule has 0 unspecified atom stereocenters. The summed E-state index contributed by atoms with van der Waals surface area (Å²) in [5.74, 6) is 0.402. The number of carbonyl (C=O) groups excluding carboxylic acids is 1. The molecule has 0 aliphatic heterocycles. The Kier molecular flexibility index (Phi) is 6.24. The van der Waals surface area contributed by atoms with Crippen LogP contribution in [0.2, 0.25) is 0 Å². The van der Waals surface area contributed by atoms with E-state index in [1.807, 2.05) is 37.4 Å². The monoisotopic (exact) mass is 470 g/mol. The zero-order valence-electron chi connectivity index (χ0n) is 17.6. The smallest absolute Gasteiger partial charge is 0.260 e. The van der Waals surface area contributed by atoms with Gasteiger partial charge in [-0.2, -0.15) is 5.10 Å². The third-order valence-electron chi connectivity index (χ3n) is 4.79. The van der Waals surface area contributed by atoms with E-state index >= 15 is 0 Å². The molecule has 0 aliphatic rings. The molecule has 2 heterocycles. The summed E-state index contributed by atoms with van der Waals surface area (Å²) in [6, 6.07) is 13.5. The van der Waals surface area contributed by atoms with Crippen LogP contribution in [0, 0.1) is 0 Å². The van der Waals surface area contributed by atoms with Crippen molar-refractivity contribution in [3.05, 3.63) is 66.5 Å². The maximum atomic E-state index is 13.4. The summed E-state index contributed by atoms with van der Waals surface area (Å²) in [6.45, 7) is 3.25. The molecule has 0 saturated heterocycles. The average molecular weight is 471 g/mol. The van der Waals surface area contributed by atoms with Gasteiger partial charge in [-0.05, 0) is 49.4 Å². The van der Waals surface area contributed by atoms with E-state index in [2.05, 4.69) is 5.10 Å².